The third-order valence-corrected chi connectivity index (χ3v) is 9.14. The Kier molecular flexibility index (Phi) is 5.45. The van der Waals surface area contributed by atoms with Gasteiger partial charge in [-0.15, -0.1) is 0 Å². The molecule has 31 heavy (non-hydrogen) atoms. The van der Waals surface area contributed by atoms with E-state index in [1.54, 1.807) is 0 Å². The van der Waals surface area contributed by atoms with Gasteiger partial charge in [-0.3, -0.25) is 14.5 Å². The number of hydrogen-bond acceptors (Lipinski definition) is 3. The van der Waals surface area contributed by atoms with E-state index >= 15 is 0 Å². The summed E-state index contributed by atoms with van der Waals surface area (Å²) in [4.78, 5) is 30.6. The summed E-state index contributed by atoms with van der Waals surface area (Å²) in [5.74, 6) is 1.86. The maximum atomic E-state index is 13.6. The van der Waals surface area contributed by atoms with E-state index in [0.29, 0.717) is 12.5 Å². The normalized spacial score (nSPS) is 34.7. The van der Waals surface area contributed by atoms with Gasteiger partial charge < -0.3 is 10.2 Å². The minimum Gasteiger partial charge on any atom is -0.340 e. The van der Waals surface area contributed by atoms with Crippen molar-refractivity contribution in [1.29, 1.82) is 0 Å². The standard InChI is InChI=1S/C25H34BrN3O2/c1-17-4-3-5-18(2)22(17)27-21(30)15-28-6-8-29(9-7-28)23(31)24-11-19-10-20(12-24)14-25(26,13-19)16-24/h3-5,19-20H,6-16H2,1-2H3,(H,27,30). The first-order valence-corrected chi connectivity index (χ1v) is 12.6. The highest BCUT2D eigenvalue weighted by atomic mass is 79.9. The van der Waals surface area contributed by atoms with Gasteiger partial charge in [0, 0.05) is 36.2 Å². The van der Waals surface area contributed by atoms with E-state index in [0.717, 1.165) is 74.1 Å². The second-order valence-electron chi connectivity index (χ2n) is 10.8. The molecule has 4 bridgehead atoms. The molecule has 4 saturated carbocycles. The first-order valence-electron chi connectivity index (χ1n) is 11.8. The van der Waals surface area contributed by atoms with Gasteiger partial charge in [0.1, 0.15) is 0 Å². The van der Waals surface area contributed by atoms with Crippen molar-refractivity contribution in [2.24, 2.45) is 17.3 Å². The molecule has 4 aliphatic carbocycles. The number of nitrogens with one attached hydrogen (secondary N) is 1. The average molecular weight is 488 g/mol. The van der Waals surface area contributed by atoms with Crippen LogP contribution in [0.4, 0.5) is 5.69 Å². The van der Waals surface area contributed by atoms with Gasteiger partial charge in [-0.05, 0) is 75.3 Å². The second-order valence-corrected chi connectivity index (χ2v) is 12.5. The molecule has 5 fully saturated rings. The number of carbonyl (C=O) groups excluding carboxylic acids is 2. The number of para-hydroxylation sites is 1. The van der Waals surface area contributed by atoms with E-state index in [1.165, 1.54) is 19.3 Å². The molecule has 1 saturated heterocycles. The number of carbonyl (C=O) groups is 2. The molecule has 0 aromatic heterocycles. The minimum atomic E-state index is -0.129. The Balaban J connectivity index is 1.17. The molecule has 6 heteroatoms. The molecule has 6 rings (SSSR count). The summed E-state index contributed by atoms with van der Waals surface area (Å²) in [6.07, 6.45) is 7.03. The monoisotopic (exact) mass is 487 g/mol. The minimum absolute atomic E-state index is 0.0273. The average Bonchev–Trinajstić information content (AvgIpc) is 2.69. The van der Waals surface area contributed by atoms with Crippen LogP contribution in [-0.2, 0) is 9.59 Å². The van der Waals surface area contributed by atoms with Crippen molar-refractivity contribution in [3.05, 3.63) is 29.3 Å². The van der Waals surface area contributed by atoms with Crippen LogP contribution in [0, 0.1) is 31.1 Å². The Hall–Kier alpha value is -1.40. The van der Waals surface area contributed by atoms with Crippen molar-refractivity contribution in [2.75, 3.05) is 38.0 Å². The number of anilines is 1. The van der Waals surface area contributed by atoms with Gasteiger partial charge in [0.15, 0.2) is 0 Å². The lowest BCUT2D eigenvalue weighted by Crippen LogP contribution is -2.61. The predicted molar refractivity (Wildman–Crippen MR) is 126 cm³/mol. The fourth-order valence-corrected chi connectivity index (χ4v) is 8.69. The maximum absolute atomic E-state index is 13.6. The summed E-state index contributed by atoms with van der Waals surface area (Å²) < 4.78 is 0.209. The molecular weight excluding hydrogens is 454 g/mol. The third kappa shape index (κ3) is 4.06. The zero-order chi connectivity index (χ0) is 21.8. The Morgan fingerprint density at radius 3 is 2.23 bits per heavy atom. The molecule has 2 unspecified atom stereocenters. The van der Waals surface area contributed by atoms with Gasteiger partial charge in [0.2, 0.25) is 11.8 Å². The molecule has 5 aliphatic rings. The van der Waals surface area contributed by atoms with E-state index < -0.39 is 0 Å². The number of benzene rings is 1. The summed E-state index contributed by atoms with van der Waals surface area (Å²) in [6.45, 7) is 7.45. The molecule has 1 heterocycles. The number of alkyl halides is 1. The highest BCUT2D eigenvalue weighted by Crippen LogP contribution is 2.64. The van der Waals surface area contributed by atoms with Crippen molar-refractivity contribution in [1.82, 2.24) is 9.80 Å². The Labute approximate surface area is 194 Å². The molecule has 1 aromatic carbocycles. The lowest BCUT2D eigenvalue weighted by molar-refractivity contribution is -0.157. The number of hydrogen-bond donors (Lipinski definition) is 1. The summed E-state index contributed by atoms with van der Waals surface area (Å²) in [5.41, 5.74) is 2.97. The smallest absolute Gasteiger partial charge is 0.238 e. The lowest BCUT2D eigenvalue weighted by Gasteiger charge is -2.60. The van der Waals surface area contributed by atoms with Gasteiger partial charge in [0.05, 0.1) is 12.0 Å². The van der Waals surface area contributed by atoms with Gasteiger partial charge in [0.25, 0.3) is 0 Å². The topological polar surface area (TPSA) is 52.7 Å². The molecule has 2 amide bonds. The number of piperazine rings is 1. The zero-order valence-electron chi connectivity index (χ0n) is 18.8. The number of nitrogens with zero attached hydrogens (tertiary/aromatic N) is 2. The number of halogens is 1. The summed E-state index contributed by atoms with van der Waals surface area (Å²) in [5, 5.41) is 3.09. The molecule has 2 atom stereocenters. The molecule has 1 aliphatic heterocycles. The lowest BCUT2D eigenvalue weighted by atomic mass is 9.49. The molecule has 168 valence electrons. The van der Waals surface area contributed by atoms with E-state index in [4.69, 9.17) is 0 Å². The van der Waals surface area contributed by atoms with Crippen LogP contribution in [0.1, 0.15) is 49.7 Å². The van der Waals surface area contributed by atoms with Crippen molar-refractivity contribution in [2.45, 2.75) is 56.7 Å². The molecule has 1 aromatic rings. The van der Waals surface area contributed by atoms with Crippen LogP contribution in [-0.4, -0.2) is 58.7 Å². The van der Waals surface area contributed by atoms with Crippen LogP contribution in [0.2, 0.25) is 0 Å². The fourth-order valence-electron chi connectivity index (χ4n) is 7.24. The largest absolute Gasteiger partial charge is 0.340 e. The molecular formula is C25H34BrN3O2. The van der Waals surface area contributed by atoms with Crippen LogP contribution in [0.5, 0.6) is 0 Å². The maximum Gasteiger partial charge on any atom is 0.238 e. The van der Waals surface area contributed by atoms with Gasteiger partial charge in [-0.25, -0.2) is 0 Å². The number of rotatable bonds is 4. The Morgan fingerprint density at radius 1 is 1.03 bits per heavy atom. The van der Waals surface area contributed by atoms with Crippen molar-refractivity contribution in [3.8, 4) is 0 Å². The zero-order valence-corrected chi connectivity index (χ0v) is 20.3. The highest BCUT2D eigenvalue weighted by molar-refractivity contribution is 9.10. The van der Waals surface area contributed by atoms with Crippen LogP contribution in [0.3, 0.4) is 0 Å². The summed E-state index contributed by atoms with van der Waals surface area (Å²) in [6, 6.07) is 6.06. The van der Waals surface area contributed by atoms with E-state index in [9.17, 15) is 9.59 Å². The van der Waals surface area contributed by atoms with Crippen LogP contribution >= 0.6 is 15.9 Å². The molecule has 5 nitrogen and oxygen atoms in total. The molecule has 0 radical (unpaired) electrons. The Morgan fingerprint density at radius 2 is 1.65 bits per heavy atom. The van der Waals surface area contributed by atoms with Crippen LogP contribution < -0.4 is 5.32 Å². The van der Waals surface area contributed by atoms with Crippen LogP contribution in [0.15, 0.2) is 18.2 Å². The second kappa shape index (κ2) is 7.87. The molecule has 1 N–H and O–H groups in total. The van der Waals surface area contributed by atoms with Gasteiger partial charge >= 0.3 is 0 Å². The Bertz CT molecular complexity index is 859. The number of aryl methyl sites for hydroxylation is 2. The SMILES string of the molecule is Cc1cccc(C)c1NC(=O)CN1CCN(C(=O)C23CC4CC(CC(Br)(C4)C2)C3)CC1. The van der Waals surface area contributed by atoms with Crippen molar-refractivity contribution in [3.63, 3.8) is 0 Å². The summed E-state index contributed by atoms with van der Waals surface area (Å²) >= 11 is 4.04. The first-order chi connectivity index (χ1) is 14.8. The number of amides is 2. The quantitative estimate of drug-likeness (QED) is 0.649. The van der Waals surface area contributed by atoms with E-state index in [1.807, 2.05) is 32.0 Å². The van der Waals surface area contributed by atoms with Crippen LogP contribution in [0.25, 0.3) is 0 Å². The van der Waals surface area contributed by atoms with Gasteiger partial charge in [-0.2, -0.15) is 0 Å². The van der Waals surface area contributed by atoms with E-state index in [2.05, 4.69) is 31.0 Å². The first kappa shape index (κ1) is 21.4. The van der Waals surface area contributed by atoms with Gasteiger partial charge in [-0.1, -0.05) is 34.1 Å². The fraction of sp³-hybridized carbons (Fsp3) is 0.680. The summed E-state index contributed by atoms with van der Waals surface area (Å²) in [7, 11) is 0. The molecule has 0 spiro atoms. The van der Waals surface area contributed by atoms with Crippen molar-refractivity contribution < 1.29 is 9.59 Å². The highest BCUT2D eigenvalue weighted by Gasteiger charge is 2.60. The third-order valence-electron chi connectivity index (χ3n) is 8.22. The van der Waals surface area contributed by atoms with Crippen molar-refractivity contribution >= 4 is 33.4 Å². The van der Waals surface area contributed by atoms with E-state index in [-0.39, 0.29) is 15.6 Å². The predicted octanol–water partition coefficient (Wildman–Crippen LogP) is 4.12.